The number of aromatic carboxylic acids is 1. The van der Waals surface area contributed by atoms with Gasteiger partial charge in [-0.15, -0.1) is 0 Å². The van der Waals surface area contributed by atoms with Gasteiger partial charge in [-0.25, -0.2) is 9.59 Å². The molecule has 6 nitrogen and oxygen atoms in total. The number of carboxylic acids is 1. The van der Waals surface area contributed by atoms with Crippen LogP contribution in [0.25, 0.3) is 0 Å². The molecule has 1 aromatic rings. The second-order valence-electron chi connectivity index (χ2n) is 5.44. The molecular formula is C15H20N2O4. The SMILES string of the molecule is CC1(CNC(=O)NCc2cccc(C(=O)O)c2)CCCO1. The van der Waals surface area contributed by atoms with Crippen LogP contribution in [0.15, 0.2) is 24.3 Å². The molecule has 1 atom stereocenters. The lowest BCUT2D eigenvalue weighted by Gasteiger charge is -2.23. The van der Waals surface area contributed by atoms with E-state index in [0.29, 0.717) is 6.54 Å². The largest absolute Gasteiger partial charge is 0.478 e. The van der Waals surface area contributed by atoms with Gasteiger partial charge in [0.25, 0.3) is 0 Å². The van der Waals surface area contributed by atoms with E-state index in [1.807, 2.05) is 6.92 Å². The van der Waals surface area contributed by atoms with Gasteiger partial charge >= 0.3 is 12.0 Å². The molecule has 1 fully saturated rings. The number of nitrogens with one attached hydrogen (secondary N) is 2. The van der Waals surface area contributed by atoms with Crippen molar-refractivity contribution in [2.24, 2.45) is 0 Å². The standard InChI is InChI=1S/C15H20N2O4/c1-15(6-3-7-21-15)10-17-14(20)16-9-11-4-2-5-12(8-11)13(18)19/h2,4-5,8H,3,6-7,9-10H2,1H3,(H,18,19)(H2,16,17,20). The first-order chi connectivity index (χ1) is 9.98. The number of rotatable bonds is 5. The summed E-state index contributed by atoms with van der Waals surface area (Å²) >= 11 is 0. The maximum Gasteiger partial charge on any atom is 0.335 e. The summed E-state index contributed by atoms with van der Waals surface area (Å²) in [6.45, 7) is 3.47. The molecule has 0 saturated carbocycles. The molecule has 1 aromatic carbocycles. The Hall–Kier alpha value is -2.08. The second kappa shape index (κ2) is 6.58. The fraction of sp³-hybridized carbons (Fsp3) is 0.467. The highest BCUT2D eigenvalue weighted by molar-refractivity contribution is 5.87. The number of hydrogen-bond donors (Lipinski definition) is 3. The zero-order valence-corrected chi connectivity index (χ0v) is 12.0. The molecule has 3 N–H and O–H groups in total. The molecule has 1 saturated heterocycles. The fourth-order valence-corrected chi connectivity index (χ4v) is 2.30. The number of urea groups is 1. The Kier molecular flexibility index (Phi) is 4.80. The van der Waals surface area contributed by atoms with Crippen molar-refractivity contribution in [3.8, 4) is 0 Å². The number of benzene rings is 1. The molecule has 0 radical (unpaired) electrons. The number of carbonyl (C=O) groups is 2. The quantitative estimate of drug-likeness (QED) is 0.771. The molecule has 0 aromatic heterocycles. The highest BCUT2D eigenvalue weighted by atomic mass is 16.5. The van der Waals surface area contributed by atoms with Crippen LogP contribution in [0.2, 0.25) is 0 Å². The summed E-state index contributed by atoms with van der Waals surface area (Å²) < 4.78 is 5.59. The van der Waals surface area contributed by atoms with Crippen LogP contribution in [0, 0.1) is 0 Å². The van der Waals surface area contributed by atoms with Crippen LogP contribution >= 0.6 is 0 Å². The average Bonchev–Trinajstić information content (AvgIpc) is 2.90. The minimum atomic E-state index is -0.979. The van der Waals surface area contributed by atoms with Crippen LogP contribution < -0.4 is 10.6 Å². The summed E-state index contributed by atoms with van der Waals surface area (Å²) in [6.07, 6.45) is 1.95. The van der Waals surface area contributed by atoms with Crippen LogP contribution in [-0.4, -0.2) is 35.9 Å². The third kappa shape index (κ3) is 4.46. The molecule has 0 aliphatic carbocycles. The Labute approximate surface area is 123 Å². The minimum absolute atomic E-state index is 0.210. The number of ether oxygens (including phenoxy) is 1. The van der Waals surface area contributed by atoms with Gasteiger partial charge in [-0.2, -0.15) is 0 Å². The third-order valence-corrected chi connectivity index (χ3v) is 3.55. The van der Waals surface area contributed by atoms with Gasteiger partial charge in [-0.1, -0.05) is 12.1 Å². The van der Waals surface area contributed by atoms with Gasteiger partial charge in [0.1, 0.15) is 0 Å². The van der Waals surface area contributed by atoms with E-state index in [9.17, 15) is 9.59 Å². The summed E-state index contributed by atoms with van der Waals surface area (Å²) in [5.74, 6) is -0.979. The molecule has 0 spiro atoms. The molecule has 2 rings (SSSR count). The van der Waals surface area contributed by atoms with Crippen LogP contribution in [-0.2, 0) is 11.3 Å². The highest BCUT2D eigenvalue weighted by Gasteiger charge is 2.29. The summed E-state index contributed by atoms with van der Waals surface area (Å²) in [6, 6.07) is 6.21. The van der Waals surface area contributed by atoms with Crippen molar-refractivity contribution in [3.05, 3.63) is 35.4 Å². The second-order valence-corrected chi connectivity index (χ2v) is 5.44. The summed E-state index contributed by atoms with van der Waals surface area (Å²) in [5.41, 5.74) is 0.676. The predicted octanol–water partition coefficient (Wildman–Crippen LogP) is 1.75. The van der Waals surface area contributed by atoms with E-state index in [4.69, 9.17) is 9.84 Å². The van der Waals surface area contributed by atoms with Crippen molar-refractivity contribution in [3.63, 3.8) is 0 Å². The first-order valence-corrected chi connectivity index (χ1v) is 6.96. The van der Waals surface area contributed by atoms with Crippen molar-refractivity contribution < 1.29 is 19.4 Å². The Balaban J connectivity index is 1.78. The molecule has 21 heavy (non-hydrogen) atoms. The number of hydrogen-bond acceptors (Lipinski definition) is 3. The van der Waals surface area contributed by atoms with E-state index in [2.05, 4.69) is 10.6 Å². The Morgan fingerprint density at radius 1 is 1.38 bits per heavy atom. The van der Waals surface area contributed by atoms with Crippen LogP contribution in [0.4, 0.5) is 4.79 Å². The number of carboxylic acid groups (broad SMARTS) is 1. The van der Waals surface area contributed by atoms with Gasteiger partial charge < -0.3 is 20.5 Å². The average molecular weight is 292 g/mol. The molecule has 2 amide bonds. The maximum absolute atomic E-state index is 11.7. The van der Waals surface area contributed by atoms with Crippen molar-refractivity contribution in [2.75, 3.05) is 13.2 Å². The first-order valence-electron chi connectivity index (χ1n) is 6.96. The van der Waals surface area contributed by atoms with Gasteiger partial charge in [0.2, 0.25) is 0 Å². The lowest BCUT2D eigenvalue weighted by molar-refractivity contribution is 0.0229. The van der Waals surface area contributed by atoms with Crippen molar-refractivity contribution >= 4 is 12.0 Å². The van der Waals surface area contributed by atoms with Crippen molar-refractivity contribution in [1.29, 1.82) is 0 Å². The molecule has 0 bridgehead atoms. The molecule has 6 heteroatoms. The number of amides is 2. The summed E-state index contributed by atoms with van der Waals surface area (Å²) in [5, 5.41) is 14.4. The zero-order valence-electron chi connectivity index (χ0n) is 12.0. The zero-order chi connectivity index (χ0) is 15.3. The van der Waals surface area contributed by atoms with Gasteiger partial charge in [0.15, 0.2) is 0 Å². The predicted molar refractivity (Wildman–Crippen MR) is 77.2 cm³/mol. The fourth-order valence-electron chi connectivity index (χ4n) is 2.30. The van der Waals surface area contributed by atoms with E-state index < -0.39 is 5.97 Å². The van der Waals surface area contributed by atoms with E-state index in [1.165, 1.54) is 6.07 Å². The maximum atomic E-state index is 11.7. The monoisotopic (exact) mass is 292 g/mol. The Bertz CT molecular complexity index is 524. The highest BCUT2D eigenvalue weighted by Crippen LogP contribution is 2.23. The molecule has 1 unspecified atom stereocenters. The van der Waals surface area contributed by atoms with Crippen molar-refractivity contribution in [1.82, 2.24) is 10.6 Å². The minimum Gasteiger partial charge on any atom is -0.478 e. The van der Waals surface area contributed by atoms with Crippen LogP contribution in [0.5, 0.6) is 0 Å². The van der Waals surface area contributed by atoms with Crippen LogP contribution in [0.1, 0.15) is 35.7 Å². The molecule has 1 aliphatic rings. The van der Waals surface area contributed by atoms with Gasteiger partial charge in [0.05, 0.1) is 11.2 Å². The van der Waals surface area contributed by atoms with E-state index in [-0.39, 0.29) is 23.7 Å². The first kappa shape index (κ1) is 15.3. The smallest absolute Gasteiger partial charge is 0.335 e. The van der Waals surface area contributed by atoms with Gasteiger partial charge in [-0.05, 0) is 37.5 Å². The van der Waals surface area contributed by atoms with Gasteiger partial charge in [0, 0.05) is 19.7 Å². The summed E-state index contributed by atoms with van der Waals surface area (Å²) in [4.78, 5) is 22.6. The summed E-state index contributed by atoms with van der Waals surface area (Å²) in [7, 11) is 0. The van der Waals surface area contributed by atoms with E-state index in [0.717, 1.165) is 25.0 Å². The Morgan fingerprint density at radius 3 is 2.86 bits per heavy atom. The lowest BCUT2D eigenvalue weighted by Crippen LogP contribution is -2.44. The Morgan fingerprint density at radius 2 is 2.19 bits per heavy atom. The molecular weight excluding hydrogens is 272 g/mol. The molecule has 114 valence electrons. The number of carbonyl (C=O) groups excluding carboxylic acids is 1. The van der Waals surface area contributed by atoms with E-state index >= 15 is 0 Å². The topological polar surface area (TPSA) is 87.7 Å². The lowest BCUT2D eigenvalue weighted by atomic mass is 10.0. The molecule has 1 heterocycles. The van der Waals surface area contributed by atoms with E-state index in [1.54, 1.807) is 18.2 Å². The third-order valence-electron chi connectivity index (χ3n) is 3.55. The van der Waals surface area contributed by atoms with Crippen LogP contribution in [0.3, 0.4) is 0 Å². The normalized spacial score (nSPS) is 21.0. The molecule has 1 aliphatic heterocycles. The van der Waals surface area contributed by atoms with Crippen molar-refractivity contribution in [2.45, 2.75) is 31.9 Å². The van der Waals surface area contributed by atoms with Gasteiger partial charge in [-0.3, -0.25) is 0 Å².